The lowest BCUT2D eigenvalue weighted by molar-refractivity contribution is -0.385. The van der Waals surface area contributed by atoms with E-state index in [0.717, 1.165) is 30.6 Å². The van der Waals surface area contributed by atoms with E-state index < -0.39 is 0 Å². The predicted molar refractivity (Wildman–Crippen MR) is 81.9 cm³/mol. The molecule has 0 aliphatic carbocycles. The minimum atomic E-state index is -0.324. The van der Waals surface area contributed by atoms with Crippen LogP contribution in [0.3, 0.4) is 0 Å². The van der Waals surface area contributed by atoms with Crippen LogP contribution in [0.2, 0.25) is 0 Å². The van der Waals surface area contributed by atoms with Crippen LogP contribution in [0.4, 0.5) is 5.69 Å². The molecule has 0 radical (unpaired) electrons. The molecular formula is C15H25N3O2. The van der Waals surface area contributed by atoms with Gasteiger partial charge in [0.25, 0.3) is 5.69 Å². The Balaban J connectivity index is 2.47. The third-order valence-electron chi connectivity index (χ3n) is 3.91. The molecule has 0 amide bonds. The second-order valence-corrected chi connectivity index (χ2v) is 5.23. The van der Waals surface area contributed by atoms with E-state index in [2.05, 4.69) is 31.1 Å². The van der Waals surface area contributed by atoms with Gasteiger partial charge in [0.05, 0.1) is 4.92 Å². The molecule has 20 heavy (non-hydrogen) atoms. The minimum absolute atomic E-state index is 0.195. The van der Waals surface area contributed by atoms with E-state index in [1.54, 1.807) is 19.1 Å². The van der Waals surface area contributed by atoms with Crippen molar-refractivity contribution in [1.29, 1.82) is 0 Å². The molecule has 0 saturated heterocycles. The molecule has 0 fully saturated rings. The Kier molecular flexibility index (Phi) is 6.61. The van der Waals surface area contributed by atoms with Gasteiger partial charge in [-0.05, 0) is 32.9 Å². The van der Waals surface area contributed by atoms with Crippen molar-refractivity contribution in [2.24, 2.45) is 0 Å². The van der Waals surface area contributed by atoms with E-state index in [0.29, 0.717) is 12.6 Å². The monoisotopic (exact) mass is 279 g/mol. The van der Waals surface area contributed by atoms with Gasteiger partial charge < -0.3 is 10.2 Å². The zero-order chi connectivity index (χ0) is 15.1. The fourth-order valence-electron chi connectivity index (χ4n) is 2.07. The highest BCUT2D eigenvalue weighted by molar-refractivity contribution is 5.44. The first-order valence-corrected chi connectivity index (χ1v) is 7.11. The Morgan fingerprint density at radius 3 is 2.75 bits per heavy atom. The number of benzene rings is 1. The number of hydrogen-bond acceptors (Lipinski definition) is 4. The minimum Gasteiger partial charge on any atom is -0.311 e. The molecule has 1 atom stereocenters. The molecule has 1 N–H and O–H groups in total. The summed E-state index contributed by atoms with van der Waals surface area (Å²) >= 11 is 0. The fraction of sp³-hybridized carbons (Fsp3) is 0.600. The summed E-state index contributed by atoms with van der Waals surface area (Å²) in [6.07, 6.45) is 1.14. The quantitative estimate of drug-likeness (QED) is 0.451. The SMILES string of the molecule is CCC(C)N(C)CCNCc1cccc([N+](=O)[O-])c1C. The van der Waals surface area contributed by atoms with E-state index in [4.69, 9.17) is 0 Å². The maximum absolute atomic E-state index is 10.9. The van der Waals surface area contributed by atoms with E-state index in [-0.39, 0.29) is 10.6 Å². The van der Waals surface area contributed by atoms with Gasteiger partial charge in [-0.2, -0.15) is 0 Å². The Morgan fingerprint density at radius 1 is 1.45 bits per heavy atom. The van der Waals surface area contributed by atoms with Gasteiger partial charge in [-0.1, -0.05) is 19.1 Å². The molecule has 5 heteroatoms. The molecule has 0 saturated carbocycles. The predicted octanol–water partition coefficient (Wildman–Crippen LogP) is 2.72. The van der Waals surface area contributed by atoms with Crippen molar-refractivity contribution < 1.29 is 4.92 Å². The van der Waals surface area contributed by atoms with Crippen molar-refractivity contribution in [3.63, 3.8) is 0 Å². The molecule has 0 aliphatic heterocycles. The number of nitro groups is 1. The first kappa shape index (κ1) is 16.6. The zero-order valence-electron chi connectivity index (χ0n) is 12.8. The molecule has 1 aromatic rings. The van der Waals surface area contributed by atoms with Crippen LogP contribution >= 0.6 is 0 Å². The molecule has 0 aliphatic rings. The van der Waals surface area contributed by atoms with Crippen LogP contribution < -0.4 is 5.32 Å². The van der Waals surface area contributed by atoms with Crippen LogP contribution in [0.1, 0.15) is 31.4 Å². The highest BCUT2D eigenvalue weighted by Crippen LogP contribution is 2.20. The third-order valence-corrected chi connectivity index (χ3v) is 3.91. The number of rotatable bonds is 8. The maximum atomic E-state index is 10.9. The van der Waals surface area contributed by atoms with Crippen LogP contribution in [0.5, 0.6) is 0 Å². The summed E-state index contributed by atoms with van der Waals surface area (Å²) in [5, 5.41) is 14.2. The summed E-state index contributed by atoms with van der Waals surface area (Å²) in [6, 6.07) is 5.81. The molecule has 5 nitrogen and oxygen atoms in total. The summed E-state index contributed by atoms with van der Waals surface area (Å²) in [5.74, 6) is 0. The molecule has 0 heterocycles. The fourth-order valence-corrected chi connectivity index (χ4v) is 2.07. The van der Waals surface area contributed by atoms with Crippen molar-refractivity contribution in [3.05, 3.63) is 39.4 Å². The van der Waals surface area contributed by atoms with Gasteiger partial charge >= 0.3 is 0 Å². The van der Waals surface area contributed by atoms with E-state index >= 15 is 0 Å². The first-order valence-electron chi connectivity index (χ1n) is 7.11. The summed E-state index contributed by atoms with van der Waals surface area (Å²) in [4.78, 5) is 12.9. The van der Waals surface area contributed by atoms with Crippen LogP contribution in [0.15, 0.2) is 18.2 Å². The molecule has 112 valence electrons. The summed E-state index contributed by atoms with van der Waals surface area (Å²) in [6.45, 7) is 8.72. The van der Waals surface area contributed by atoms with Crippen LogP contribution in [-0.4, -0.2) is 36.0 Å². The molecule has 0 spiro atoms. The Hall–Kier alpha value is -1.46. The number of nitro benzene ring substituents is 1. The van der Waals surface area contributed by atoms with Crippen molar-refractivity contribution in [2.45, 2.75) is 39.8 Å². The Morgan fingerprint density at radius 2 is 2.15 bits per heavy atom. The van der Waals surface area contributed by atoms with Gasteiger partial charge in [-0.15, -0.1) is 0 Å². The molecule has 0 aromatic heterocycles. The van der Waals surface area contributed by atoms with Gasteiger partial charge in [0.1, 0.15) is 0 Å². The largest absolute Gasteiger partial charge is 0.311 e. The maximum Gasteiger partial charge on any atom is 0.272 e. The van der Waals surface area contributed by atoms with Crippen molar-refractivity contribution >= 4 is 5.69 Å². The molecule has 0 bridgehead atoms. The highest BCUT2D eigenvalue weighted by Gasteiger charge is 2.12. The van der Waals surface area contributed by atoms with E-state index in [1.165, 1.54) is 0 Å². The highest BCUT2D eigenvalue weighted by atomic mass is 16.6. The van der Waals surface area contributed by atoms with Crippen molar-refractivity contribution in [1.82, 2.24) is 10.2 Å². The third kappa shape index (κ3) is 4.58. The number of likely N-dealkylation sites (N-methyl/N-ethyl adjacent to an activating group) is 1. The van der Waals surface area contributed by atoms with Crippen molar-refractivity contribution in [3.8, 4) is 0 Å². The lowest BCUT2D eigenvalue weighted by Crippen LogP contribution is -2.34. The topological polar surface area (TPSA) is 58.4 Å². The normalized spacial score (nSPS) is 12.7. The van der Waals surface area contributed by atoms with Crippen LogP contribution in [0.25, 0.3) is 0 Å². The second kappa shape index (κ2) is 7.97. The van der Waals surface area contributed by atoms with E-state index in [1.807, 2.05) is 6.07 Å². The number of nitrogens with zero attached hydrogens (tertiary/aromatic N) is 2. The summed E-state index contributed by atoms with van der Waals surface area (Å²) < 4.78 is 0. The number of nitrogens with one attached hydrogen (secondary N) is 1. The molecular weight excluding hydrogens is 254 g/mol. The smallest absolute Gasteiger partial charge is 0.272 e. The Bertz CT molecular complexity index is 449. The first-order chi connectivity index (χ1) is 9.47. The second-order valence-electron chi connectivity index (χ2n) is 5.23. The van der Waals surface area contributed by atoms with E-state index in [9.17, 15) is 10.1 Å². The van der Waals surface area contributed by atoms with Crippen LogP contribution in [-0.2, 0) is 6.54 Å². The lowest BCUT2D eigenvalue weighted by atomic mass is 10.1. The van der Waals surface area contributed by atoms with Crippen molar-refractivity contribution in [2.75, 3.05) is 20.1 Å². The van der Waals surface area contributed by atoms with Gasteiger partial charge in [0.2, 0.25) is 0 Å². The summed E-state index contributed by atoms with van der Waals surface area (Å²) in [7, 11) is 2.12. The Labute approximate surface area is 121 Å². The molecule has 1 unspecified atom stereocenters. The standard InChI is InChI=1S/C15H25N3O2/c1-5-12(2)17(4)10-9-16-11-14-7-6-8-15(13(14)3)18(19)20/h6-8,12,16H,5,9-11H2,1-4H3. The van der Waals surface area contributed by atoms with Gasteiger partial charge in [0.15, 0.2) is 0 Å². The molecule has 1 aromatic carbocycles. The van der Waals surface area contributed by atoms with Gasteiger partial charge in [-0.3, -0.25) is 10.1 Å². The van der Waals surface area contributed by atoms with Gasteiger partial charge in [-0.25, -0.2) is 0 Å². The van der Waals surface area contributed by atoms with Crippen LogP contribution in [0, 0.1) is 17.0 Å². The summed E-state index contributed by atoms with van der Waals surface area (Å²) in [5.41, 5.74) is 1.94. The zero-order valence-corrected chi connectivity index (χ0v) is 12.8. The van der Waals surface area contributed by atoms with Gasteiger partial charge in [0, 0.05) is 37.3 Å². The molecule has 1 rings (SSSR count). The lowest BCUT2D eigenvalue weighted by Gasteiger charge is -2.23. The average molecular weight is 279 g/mol. The number of hydrogen-bond donors (Lipinski definition) is 1. The average Bonchev–Trinajstić information content (AvgIpc) is 2.43.